The molecule has 120 valence electrons. The van der Waals surface area contributed by atoms with E-state index in [1.54, 1.807) is 21.2 Å². The van der Waals surface area contributed by atoms with Gasteiger partial charge in [0, 0.05) is 11.8 Å². The van der Waals surface area contributed by atoms with Crippen LogP contribution in [-0.2, 0) is 0 Å². The monoisotopic (exact) mass is 344 g/mol. The van der Waals surface area contributed by atoms with Crippen LogP contribution in [-0.4, -0.2) is 16.1 Å². The van der Waals surface area contributed by atoms with Crippen molar-refractivity contribution in [3.63, 3.8) is 0 Å². The Morgan fingerprint density at radius 3 is 2.42 bits per heavy atom. The Labute approximate surface area is 147 Å². The van der Waals surface area contributed by atoms with Gasteiger partial charge in [0.15, 0.2) is 0 Å². The van der Waals surface area contributed by atoms with E-state index in [9.17, 15) is 0 Å². The fourth-order valence-electron chi connectivity index (χ4n) is 5.48. The predicted octanol–water partition coefficient (Wildman–Crippen LogP) is 5.53. The second-order valence-corrected chi connectivity index (χ2v) is 17.2. The Morgan fingerprint density at radius 1 is 0.833 bits per heavy atom. The lowest BCUT2D eigenvalue weighted by Crippen LogP contribution is -2.49. The van der Waals surface area contributed by atoms with Gasteiger partial charge in [-0.05, 0) is 11.1 Å². The number of hydrogen-bond acceptors (Lipinski definition) is 0. The lowest BCUT2D eigenvalue weighted by atomic mass is 9.98. The van der Waals surface area contributed by atoms with Crippen LogP contribution in [0.2, 0.25) is 26.2 Å². The summed E-state index contributed by atoms with van der Waals surface area (Å²) in [6.45, 7) is 10.3. The minimum absolute atomic E-state index is 0.531. The van der Waals surface area contributed by atoms with Gasteiger partial charge in [0.2, 0.25) is 0 Å². The average Bonchev–Trinajstić information content (AvgIpc) is 3.14. The zero-order valence-electron chi connectivity index (χ0n) is 14.9. The van der Waals surface area contributed by atoms with Gasteiger partial charge in [-0.2, -0.15) is 0 Å². The van der Waals surface area contributed by atoms with Crippen molar-refractivity contribution in [1.29, 1.82) is 0 Å². The van der Waals surface area contributed by atoms with Crippen LogP contribution in [0, 0.1) is 11.8 Å². The molecule has 0 saturated heterocycles. The summed E-state index contributed by atoms with van der Waals surface area (Å²) < 4.78 is 0. The summed E-state index contributed by atoms with van der Waals surface area (Å²) in [5.74, 6) is 1.08. The quantitative estimate of drug-likeness (QED) is 0.507. The maximum Gasteiger partial charge on any atom is 0.111 e. The molecule has 1 heterocycles. The first-order chi connectivity index (χ1) is 11.4. The molecule has 0 aromatic heterocycles. The van der Waals surface area contributed by atoms with Crippen LogP contribution in [0.25, 0.3) is 0 Å². The molecule has 0 radical (unpaired) electrons. The van der Waals surface area contributed by atoms with Crippen LogP contribution in [0.4, 0.5) is 0 Å². The molecule has 4 aliphatic carbocycles. The normalized spacial score (nSPS) is 33.2. The van der Waals surface area contributed by atoms with E-state index in [-0.39, 0.29) is 0 Å². The Kier molecular flexibility index (Phi) is 2.75. The van der Waals surface area contributed by atoms with Crippen molar-refractivity contribution in [2.24, 2.45) is 11.8 Å². The first-order valence-corrected chi connectivity index (χ1v) is 15.1. The zero-order valence-corrected chi connectivity index (χ0v) is 16.9. The van der Waals surface area contributed by atoms with Crippen LogP contribution >= 0.6 is 0 Å². The molecule has 2 atom stereocenters. The minimum atomic E-state index is -1.65. The third kappa shape index (κ3) is 1.63. The number of hydrogen-bond donors (Lipinski definition) is 0. The standard InChI is InChI=1S/C22H24Si2/c1-23(2)19-13-15-9-5-7-11-17(15)21(19)24(3,4)22-18-12-8-6-10-16(18)14-20(22)23/h5-15,18H,1-4H3. The van der Waals surface area contributed by atoms with E-state index < -0.39 is 16.1 Å². The number of allylic oxidation sites excluding steroid dienone is 16. The van der Waals surface area contributed by atoms with Gasteiger partial charge in [0.25, 0.3) is 0 Å². The van der Waals surface area contributed by atoms with Crippen molar-refractivity contribution in [3.05, 3.63) is 92.7 Å². The third-order valence-electron chi connectivity index (χ3n) is 6.59. The highest BCUT2D eigenvalue weighted by molar-refractivity contribution is 7.04. The molecule has 0 N–H and O–H groups in total. The highest BCUT2D eigenvalue weighted by Gasteiger charge is 2.54. The molecule has 2 heteroatoms. The summed E-state index contributed by atoms with van der Waals surface area (Å²) in [5.41, 5.74) is 3.14. The molecule has 0 fully saturated rings. The molecular weight excluding hydrogens is 320 g/mol. The van der Waals surface area contributed by atoms with Crippen LogP contribution < -0.4 is 0 Å². The number of rotatable bonds is 0. The van der Waals surface area contributed by atoms with Crippen molar-refractivity contribution >= 4 is 16.1 Å². The zero-order chi connectivity index (χ0) is 16.7. The molecule has 0 aromatic carbocycles. The molecule has 0 amide bonds. The Hall–Kier alpha value is -1.65. The summed E-state index contributed by atoms with van der Waals surface area (Å²) in [5, 5.41) is 7.09. The summed E-state index contributed by atoms with van der Waals surface area (Å²) in [6, 6.07) is 0. The van der Waals surface area contributed by atoms with Gasteiger partial charge >= 0.3 is 0 Å². The largest absolute Gasteiger partial charge is 0.111 e. The molecule has 0 saturated carbocycles. The van der Waals surface area contributed by atoms with E-state index in [0.717, 1.165) is 0 Å². The second kappa shape index (κ2) is 4.50. The van der Waals surface area contributed by atoms with Crippen LogP contribution in [0.1, 0.15) is 0 Å². The van der Waals surface area contributed by atoms with Crippen LogP contribution in [0.5, 0.6) is 0 Å². The van der Waals surface area contributed by atoms with E-state index in [0.29, 0.717) is 11.8 Å². The SMILES string of the molecule is C[Si]1(C)C2=CC3C=CC=CC3=C2[Si](C)(C)C2=C1C=C1C=CC=CC12. The van der Waals surface area contributed by atoms with Gasteiger partial charge in [0.1, 0.15) is 16.1 Å². The van der Waals surface area contributed by atoms with Gasteiger partial charge in [-0.1, -0.05) is 108 Å². The van der Waals surface area contributed by atoms with E-state index in [4.69, 9.17) is 0 Å². The fraction of sp³-hybridized carbons (Fsp3) is 0.273. The van der Waals surface area contributed by atoms with Crippen molar-refractivity contribution in [2.45, 2.75) is 26.2 Å². The second-order valence-electron chi connectivity index (χ2n) is 8.62. The molecular formula is C22H24Si2. The maximum atomic E-state index is 2.61. The first-order valence-electron chi connectivity index (χ1n) is 9.06. The average molecular weight is 345 g/mol. The van der Waals surface area contributed by atoms with Crippen molar-refractivity contribution < 1.29 is 0 Å². The maximum absolute atomic E-state index is 2.61. The minimum Gasteiger partial charge on any atom is -0.0737 e. The molecule has 2 unspecified atom stereocenters. The van der Waals surface area contributed by atoms with Gasteiger partial charge in [0.05, 0.1) is 0 Å². The van der Waals surface area contributed by atoms with Gasteiger partial charge in [-0.3, -0.25) is 0 Å². The topological polar surface area (TPSA) is 0 Å². The molecule has 0 spiro atoms. The van der Waals surface area contributed by atoms with Crippen molar-refractivity contribution in [3.8, 4) is 0 Å². The molecule has 0 bridgehead atoms. The van der Waals surface area contributed by atoms with Crippen LogP contribution in [0.15, 0.2) is 92.7 Å². The molecule has 24 heavy (non-hydrogen) atoms. The van der Waals surface area contributed by atoms with E-state index >= 15 is 0 Å². The van der Waals surface area contributed by atoms with Gasteiger partial charge < -0.3 is 0 Å². The summed E-state index contributed by atoms with van der Waals surface area (Å²) in [4.78, 5) is 0. The third-order valence-corrected chi connectivity index (χ3v) is 14.3. The molecule has 0 nitrogen and oxygen atoms in total. The predicted molar refractivity (Wildman–Crippen MR) is 109 cm³/mol. The molecule has 1 aliphatic heterocycles. The molecule has 0 aromatic rings. The van der Waals surface area contributed by atoms with Gasteiger partial charge in [-0.25, -0.2) is 0 Å². The summed E-state index contributed by atoms with van der Waals surface area (Å²) in [6.07, 6.45) is 23.7. The van der Waals surface area contributed by atoms with Gasteiger partial charge in [-0.15, -0.1) is 0 Å². The van der Waals surface area contributed by atoms with E-state index in [2.05, 4.69) is 86.9 Å². The molecule has 5 aliphatic rings. The lowest BCUT2D eigenvalue weighted by Gasteiger charge is -2.44. The van der Waals surface area contributed by atoms with Crippen molar-refractivity contribution in [1.82, 2.24) is 0 Å². The fourth-order valence-corrected chi connectivity index (χ4v) is 16.0. The summed E-state index contributed by atoms with van der Waals surface area (Å²) >= 11 is 0. The van der Waals surface area contributed by atoms with E-state index in [1.807, 2.05) is 5.20 Å². The smallest absolute Gasteiger partial charge is 0.0737 e. The highest BCUT2D eigenvalue weighted by atomic mass is 28.3. The first kappa shape index (κ1) is 14.7. The van der Waals surface area contributed by atoms with Crippen LogP contribution in [0.3, 0.4) is 0 Å². The summed E-state index contributed by atoms with van der Waals surface area (Å²) in [7, 11) is -3.26. The lowest BCUT2D eigenvalue weighted by molar-refractivity contribution is 0.978. The highest BCUT2D eigenvalue weighted by Crippen LogP contribution is 2.56. The Morgan fingerprint density at radius 2 is 1.58 bits per heavy atom. The Bertz CT molecular complexity index is 908. The van der Waals surface area contributed by atoms with E-state index in [1.165, 1.54) is 5.57 Å². The number of fused-ring (bicyclic) bond motifs is 4. The van der Waals surface area contributed by atoms with Crippen molar-refractivity contribution in [2.75, 3.05) is 0 Å². The Balaban J connectivity index is 1.81. The molecule has 5 rings (SSSR count).